The summed E-state index contributed by atoms with van der Waals surface area (Å²) in [6.07, 6.45) is -1.82. The number of amides is 2. The molecule has 0 bridgehead atoms. The molecule has 12 nitrogen and oxygen atoms in total. The van der Waals surface area contributed by atoms with Crippen LogP contribution < -0.4 is 10.6 Å². The largest absolute Gasteiger partial charge is 0.354 e. The van der Waals surface area contributed by atoms with Gasteiger partial charge in [-0.05, 0) is 16.6 Å². The molecule has 2 rings (SSSR count). The van der Waals surface area contributed by atoms with Crippen molar-refractivity contribution in [3.63, 3.8) is 0 Å². The summed E-state index contributed by atoms with van der Waals surface area (Å²) in [6.45, 7) is 2.81. The van der Waals surface area contributed by atoms with Crippen molar-refractivity contribution in [3.05, 3.63) is 56.8 Å². The van der Waals surface area contributed by atoms with Crippen molar-refractivity contribution in [3.8, 4) is 0 Å². The molecule has 1 saturated heterocycles. The second-order valence-corrected chi connectivity index (χ2v) is 6.39. The van der Waals surface area contributed by atoms with E-state index in [0.29, 0.717) is 0 Å². The number of benzene rings is 1. The van der Waals surface area contributed by atoms with Crippen LogP contribution in [0.3, 0.4) is 0 Å². The van der Waals surface area contributed by atoms with E-state index in [0.717, 1.165) is 5.56 Å². The highest BCUT2D eigenvalue weighted by atomic mass is 16.7. The number of ether oxygens (including phenoxy) is 2. The molecule has 0 saturated carbocycles. The van der Waals surface area contributed by atoms with Crippen molar-refractivity contribution in [2.24, 2.45) is 10.2 Å². The monoisotopic (exact) mass is 402 g/mol. The Bertz CT molecular complexity index is 807. The number of rotatable bonds is 8. The number of nitrogens with one attached hydrogen (secondary N) is 2. The van der Waals surface area contributed by atoms with E-state index in [1.807, 2.05) is 30.3 Å². The maximum absolute atomic E-state index is 11.7. The van der Waals surface area contributed by atoms with Gasteiger partial charge in [-0.15, -0.1) is 0 Å². The highest BCUT2D eigenvalue weighted by Gasteiger charge is 2.46. The van der Waals surface area contributed by atoms with Crippen molar-refractivity contribution in [1.82, 2.24) is 10.6 Å². The van der Waals surface area contributed by atoms with Gasteiger partial charge in [0.1, 0.15) is 0 Å². The zero-order valence-corrected chi connectivity index (χ0v) is 16.0. The molecule has 2 amide bonds. The van der Waals surface area contributed by atoms with Crippen molar-refractivity contribution >= 4 is 11.8 Å². The van der Waals surface area contributed by atoms with Crippen LogP contribution in [0, 0.1) is 0 Å². The fourth-order valence-corrected chi connectivity index (χ4v) is 3.03. The Labute approximate surface area is 166 Å². The molecule has 12 heteroatoms. The molecule has 1 aromatic carbocycles. The van der Waals surface area contributed by atoms with Gasteiger partial charge in [0.15, 0.2) is 6.29 Å². The predicted molar refractivity (Wildman–Crippen MR) is 102 cm³/mol. The van der Waals surface area contributed by atoms with Crippen LogP contribution in [0.15, 0.2) is 40.6 Å². The van der Waals surface area contributed by atoms with E-state index >= 15 is 0 Å². The zero-order valence-electron chi connectivity index (χ0n) is 16.0. The number of carbonyl (C=O) groups excluding carboxylic acids is 2. The van der Waals surface area contributed by atoms with Gasteiger partial charge in [0.05, 0.1) is 30.8 Å². The van der Waals surface area contributed by atoms with E-state index in [4.69, 9.17) is 20.5 Å². The van der Waals surface area contributed by atoms with Gasteiger partial charge in [0.25, 0.3) is 0 Å². The number of azide groups is 2. The van der Waals surface area contributed by atoms with E-state index in [2.05, 4.69) is 30.7 Å². The third-order valence-corrected chi connectivity index (χ3v) is 4.25. The Kier molecular flexibility index (Phi) is 8.26. The minimum atomic E-state index is -1.00. The second kappa shape index (κ2) is 10.9. The highest BCUT2D eigenvalue weighted by molar-refractivity contribution is 5.73. The van der Waals surface area contributed by atoms with E-state index in [9.17, 15) is 9.59 Å². The summed E-state index contributed by atoms with van der Waals surface area (Å²) >= 11 is 0. The van der Waals surface area contributed by atoms with Gasteiger partial charge in [-0.1, -0.05) is 40.6 Å². The Morgan fingerprint density at radius 1 is 1.10 bits per heavy atom. The first-order valence-corrected chi connectivity index (χ1v) is 8.87. The SMILES string of the molecule is CC(=O)NC[C@@H]1O[C@@H](OCc2ccccc2)[C@@H](NC(C)=O)[C@@H](N=[N+]=[N-])[C@@H]1N=[N+]=[N-]. The van der Waals surface area contributed by atoms with Crippen LogP contribution in [0.2, 0.25) is 0 Å². The summed E-state index contributed by atoms with van der Waals surface area (Å²) in [5.74, 6) is -0.704. The Hall–Kier alpha value is -3.30. The molecule has 2 N–H and O–H groups in total. The molecule has 1 aliphatic heterocycles. The normalized spacial score (nSPS) is 25.8. The standard InChI is InChI=1S/C17H22N8O4/c1-10(26)20-8-13-14(22-24-18)15(23-25-19)16(21-11(2)27)17(29-13)28-9-12-6-4-3-5-7-12/h3-7,13-17H,8-9H2,1-2H3,(H,20,26)(H,21,27)/t13-,14+,15-,16-,17+/m0/s1. The molecule has 29 heavy (non-hydrogen) atoms. The quantitative estimate of drug-likeness (QED) is 0.384. The van der Waals surface area contributed by atoms with Gasteiger partial charge in [-0.2, -0.15) is 0 Å². The van der Waals surface area contributed by atoms with E-state index in [1.165, 1.54) is 13.8 Å². The van der Waals surface area contributed by atoms with Crippen LogP contribution in [0.4, 0.5) is 0 Å². The van der Waals surface area contributed by atoms with Crippen molar-refractivity contribution in [1.29, 1.82) is 0 Å². The first-order chi connectivity index (χ1) is 14.0. The molecule has 1 aromatic rings. The lowest BCUT2D eigenvalue weighted by atomic mass is 9.92. The van der Waals surface area contributed by atoms with Crippen LogP contribution in [0.5, 0.6) is 0 Å². The lowest BCUT2D eigenvalue weighted by Gasteiger charge is -2.43. The van der Waals surface area contributed by atoms with Gasteiger partial charge >= 0.3 is 0 Å². The molecule has 1 aliphatic rings. The summed E-state index contributed by atoms with van der Waals surface area (Å²) in [5, 5.41) is 12.7. The molecule has 0 radical (unpaired) electrons. The molecular weight excluding hydrogens is 380 g/mol. The maximum atomic E-state index is 11.7. The highest BCUT2D eigenvalue weighted by Crippen LogP contribution is 2.28. The predicted octanol–water partition coefficient (Wildman–Crippen LogP) is 1.93. The third-order valence-electron chi connectivity index (χ3n) is 4.25. The molecule has 5 atom stereocenters. The van der Waals surface area contributed by atoms with Gasteiger partial charge in [0.2, 0.25) is 11.8 Å². The Morgan fingerprint density at radius 3 is 2.34 bits per heavy atom. The van der Waals surface area contributed by atoms with E-state index in [1.54, 1.807) is 0 Å². The van der Waals surface area contributed by atoms with Gasteiger partial charge < -0.3 is 20.1 Å². The Morgan fingerprint density at radius 2 is 1.76 bits per heavy atom. The minimum absolute atomic E-state index is 0.00839. The summed E-state index contributed by atoms with van der Waals surface area (Å²) < 4.78 is 11.8. The summed E-state index contributed by atoms with van der Waals surface area (Å²) in [5.41, 5.74) is 18.8. The molecule has 0 spiro atoms. The van der Waals surface area contributed by atoms with Crippen LogP contribution >= 0.6 is 0 Å². The number of hydrogen-bond acceptors (Lipinski definition) is 6. The smallest absolute Gasteiger partial charge is 0.217 e. The lowest BCUT2D eigenvalue weighted by Crippen LogP contribution is -2.64. The van der Waals surface area contributed by atoms with E-state index in [-0.39, 0.29) is 19.1 Å². The molecule has 0 aromatic heterocycles. The van der Waals surface area contributed by atoms with Crippen molar-refractivity contribution < 1.29 is 19.1 Å². The van der Waals surface area contributed by atoms with Crippen molar-refractivity contribution in [2.45, 2.75) is 51.0 Å². The Balaban J connectivity index is 2.32. The molecule has 0 aliphatic carbocycles. The van der Waals surface area contributed by atoms with Gasteiger partial charge in [-0.25, -0.2) is 0 Å². The zero-order chi connectivity index (χ0) is 21.2. The van der Waals surface area contributed by atoms with Crippen LogP contribution in [-0.2, 0) is 25.7 Å². The average Bonchev–Trinajstić information content (AvgIpc) is 2.69. The van der Waals surface area contributed by atoms with Gasteiger partial charge in [-0.3, -0.25) is 9.59 Å². The number of hydrogen-bond donors (Lipinski definition) is 2. The fourth-order valence-electron chi connectivity index (χ4n) is 3.03. The average molecular weight is 402 g/mol. The first kappa shape index (κ1) is 22.0. The maximum Gasteiger partial charge on any atom is 0.217 e. The minimum Gasteiger partial charge on any atom is -0.354 e. The molecule has 154 valence electrons. The van der Waals surface area contributed by atoms with Crippen molar-refractivity contribution in [2.75, 3.05) is 6.54 Å². The molecular formula is C17H22N8O4. The topological polar surface area (TPSA) is 174 Å². The fraction of sp³-hybridized carbons (Fsp3) is 0.529. The third kappa shape index (κ3) is 6.37. The molecule has 1 fully saturated rings. The number of carbonyl (C=O) groups is 2. The van der Waals surface area contributed by atoms with Crippen LogP contribution in [0.25, 0.3) is 20.9 Å². The summed E-state index contributed by atoms with van der Waals surface area (Å²) in [4.78, 5) is 28.7. The van der Waals surface area contributed by atoms with E-state index < -0.39 is 36.4 Å². The van der Waals surface area contributed by atoms with Crippen LogP contribution in [0.1, 0.15) is 19.4 Å². The van der Waals surface area contributed by atoms with Crippen LogP contribution in [-0.4, -0.2) is 48.9 Å². The second-order valence-electron chi connectivity index (χ2n) is 6.39. The number of nitrogens with zero attached hydrogens (tertiary/aromatic N) is 6. The summed E-state index contributed by atoms with van der Waals surface area (Å²) in [7, 11) is 0. The first-order valence-electron chi connectivity index (χ1n) is 8.87. The lowest BCUT2D eigenvalue weighted by molar-refractivity contribution is -0.220. The molecule has 0 unspecified atom stereocenters. The molecule has 1 heterocycles. The van der Waals surface area contributed by atoms with Gasteiger partial charge in [0, 0.05) is 30.2 Å². The summed E-state index contributed by atoms with van der Waals surface area (Å²) in [6, 6.07) is 6.46.